The highest BCUT2D eigenvalue weighted by atomic mass is 127. The summed E-state index contributed by atoms with van der Waals surface area (Å²) in [6.45, 7) is 8.18. The zero-order chi connectivity index (χ0) is 15.8. The molecule has 0 saturated carbocycles. The topological polar surface area (TPSA) is 65.9 Å². The Hall–Kier alpha value is -0.380. The lowest BCUT2D eigenvalue weighted by Gasteiger charge is -2.27. The van der Waals surface area contributed by atoms with Crippen LogP contribution in [0.2, 0.25) is 0 Å². The normalized spacial score (nSPS) is 21.1. The first-order valence-corrected chi connectivity index (χ1v) is 8.75. The number of halogens is 1. The average Bonchev–Trinajstić information content (AvgIpc) is 3.12. The molecule has 1 atom stereocenters. The summed E-state index contributed by atoms with van der Waals surface area (Å²) in [5.41, 5.74) is 0.0322. The van der Waals surface area contributed by atoms with E-state index >= 15 is 0 Å². The predicted octanol–water partition coefficient (Wildman–Crippen LogP) is 2.52. The van der Waals surface area contributed by atoms with Gasteiger partial charge < -0.3 is 20.5 Å². The Balaban J connectivity index is 0.00000264. The van der Waals surface area contributed by atoms with Crippen LogP contribution in [0, 0.1) is 12.3 Å². The number of aliphatic hydroxyl groups is 1. The summed E-state index contributed by atoms with van der Waals surface area (Å²) in [7, 11) is 0. The van der Waals surface area contributed by atoms with Crippen LogP contribution in [0.25, 0.3) is 0 Å². The maximum absolute atomic E-state index is 9.29. The highest BCUT2D eigenvalue weighted by Crippen LogP contribution is 2.31. The zero-order valence-corrected chi connectivity index (χ0v) is 17.1. The first kappa shape index (κ1) is 20.7. The number of hydrogen-bond donors (Lipinski definition) is 3. The van der Waals surface area contributed by atoms with Gasteiger partial charge in [-0.05, 0) is 38.8 Å². The van der Waals surface area contributed by atoms with Crippen molar-refractivity contribution in [3.8, 4) is 0 Å². The van der Waals surface area contributed by atoms with Crippen LogP contribution in [0.1, 0.15) is 29.5 Å². The molecule has 0 amide bonds. The van der Waals surface area contributed by atoms with Gasteiger partial charge in [0.2, 0.25) is 0 Å². The molecule has 3 N–H and O–H groups in total. The molecule has 132 valence electrons. The number of ether oxygens (including phenoxy) is 1. The maximum Gasteiger partial charge on any atom is 0.191 e. The summed E-state index contributed by atoms with van der Waals surface area (Å²) in [6.07, 6.45) is 1.76. The van der Waals surface area contributed by atoms with Gasteiger partial charge in [0, 0.05) is 41.5 Å². The summed E-state index contributed by atoms with van der Waals surface area (Å²) < 4.78 is 5.53. The van der Waals surface area contributed by atoms with Crippen molar-refractivity contribution in [1.82, 2.24) is 10.6 Å². The highest BCUT2D eigenvalue weighted by Gasteiger charge is 2.34. The molecule has 0 aromatic carbocycles. The van der Waals surface area contributed by atoms with E-state index in [9.17, 15) is 5.11 Å². The summed E-state index contributed by atoms with van der Waals surface area (Å²) in [6, 6.07) is 4.26. The second kappa shape index (κ2) is 10.5. The van der Waals surface area contributed by atoms with E-state index in [1.165, 1.54) is 9.75 Å². The Labute approximate surface area is 159 Å². The first-order valence-electron chi connectivity index (χ1n) is 7.93. The van der Waals surface area contributed by atoms with E-state index in [2.05, 4.69) is 41.6 Å². The Morgan fingerprint density at radius 2 is 2.26 bits per heavy atom. The number of aryl methyl sites for hydroxylation is 1. The third kappa shape index (κ3) is 6.56. The van der Waals surface area contributed by atoms with Crippen LogP contribution < -0.4 is 10.6 Å². The number of aliphatic hydroxyl groups excluding tert-OH is 1. The van der Waals surface area contributed by atoms with E-state index in [0.717, 1.165) is 38.5 Å². The van der Waals surface area contributed by atoms with E-state index < -0.39 is 0 Å². The molecule has 7 heteroatoms. The molecule has 2 rings (SSSR count). The fourth-order valence-corrected chi connectivity index (χ4v) is 3.47. The van der Waals surface area contributed by atoms with E-state index in [1.807, 2.05) is 0 Å². The van der Waals surface area contributed by atoms with Gasteiger partial charge in [-0.1, -0.05) is 0 Å². The smallest absolute Gasteiger partial charge is 0.191 e. The largest absolute Gasteiger partial charge is 0.396 e. The van der Waals surface area contributed by atoms with Crippen molar-refractivity contribution in [2.45, 2.75) is 33.2 Å². The number of aliphatic imine (C=N–C) groups is 1. The molecule has 5 nitrogen and oxygen atoms in total. The van der Waals surface area contributed by atoms with Crippen LogP contribution in [0.3, 0.4) is 0 Å². The lowest BCUT2D eigenvalue weighted by Crippen LogP contribution is -2.44. The number of hydrogen-bond acceptors (Lipinski definition) is 4. The summed E-state index contributed by atoms with van der Waals surface area (Å²) in [4.78, 5) is 7.23. The van der Waals surface area contributed by atoms with Gasteiger partial charge in [-0.15, -0.1) is 35.3 Å². The number of nitrogens with one attached hydrogen (secondary N) is 2. The van der Waals surface area contributed by atoms with E-state index in [4.69, 9.17) is 4.74 Å². The maximum atomic E-state index is 9.29. The number of thiophene rings is 1. The van der Waals surface area contributed by atoms with Crippen molar-refractivity contribution in [2.24, 2.45) is 10.4 Å². The number of guanidine groups is 1. The molecule has 23 heavy (non-hydrogen) atoms. The summed E-state index contributed by atoms with van der Waals surface area (Å²) >= 11 is 1.78. The van der Waals surface area contributed by atoms with Crippen LogP contribution in [-0.2, 0) is 11.3 Å². The van der Waals surface area contributed by atoms with Gasteiger partial charge in [-0.2, -0.15) is 0 Å². The number of nitrogens with zero attached hydrogens (tertiary/aromatic N) is 1. The Morgan fingerprint density at radius 3 is 2.83 bits per heavy atom. The quantitative estimate of drug-likeness (QED) is 0.337. The van der Waals surface area contributed by atoms with Crippen molar-refractivity contribution >= 4 is 41.3 Å². The fourth-order valence-electron chi connectivity index (χ4n) is 2.65. The molecule has 1 aliphatic heterocycles. The second-order valence-corrected chi connectivity index (χ2v) is 7.21. The van der Waals surface area contributed by atoms with Crippen molar-refractivity contribution < 1.29 is 9.84 Å². The third-order valence-electron chi connectivity index (χ3n) is 3.99. The molecular formula is C16H28IN3O2S. The van der Waals surface area contributed by atoms with Crippen molar-refractivity contribution in [3.63, 3.8) is 0 Å². The minimum absolute atomic E-state index is 0. The van der Waals surface area contributed by atoms with Gasteiger partial charge >= 0.3 is 0 Å². The minimum atomic E-state index is 0. The summed E-state index contributed by atoms with van der Waals surface area (Å²) in [5.74, 6) is 0.831. The van der Waals surface area contributed by atoms with Crippen molar-refractivity contribution in [1.29, 1.82) is 0 Å². The highest BCUT2D eigenvalue weighted by molar-refractivity contribution is 14.0. The zero-order valence-electron chi connectivity index (χ0n) is 13.9. The molecular weight excluding hydrogens is 425 g/mol. The minimum Gasteiger partial charge on any atom is -0.396 e. The Morgan fingerprint density at radius 1 is 1.43 bits per heavy atom. The van der Waals surface area contributed by atoms with Crippen LogP contribution in [0.4, 0.5) is 0 Å². The van der Waals surface area contributed by atoms with Crippen molar-refractivity contribution in [3.05, 3.63) is 21.9 Å². The van der Waals surface area contributed by atoms with Gasteiger partial charge in [0.05, 0.1) is 13.2 Å². The Kier molecular flexibility index (Phi) is 9.41. The van der Waals surface area contributed by atoms with E-state index in [1.54, 1.807) is 11.3 Å². The van der Waals surface area contributed by atoms with Crippen molar-refractivity contribution in [2.75, 3.05) is 32.9 Å². The molecule has 0 aliphatic carbocycles. The van der Waals surface area contributed by atoms with Crippen LogP contribution in [0.5, 0.6) is 0 Å². The van der Waals surface area contributed by atoms with Gasteiger partial charge in [-0.3, -0.25) is 0 Å². The van der Waals surface area contributed by atoms with Gasteiger partial charge in [0.1, 0.15) is 0 Å². The lowest BCUT2D eigenvalue weighted by atomic mass is 9.84. The summed E-state index contributed by atoms with van der Waals surface area (Å²) in [5, 5.41) is 16.0. The predicted molar refractivity (Wildman–Crippen MR) is 107 cm³/mol. The van der Waals surface area contributed by atoms with Gasteiger partial charge in [0.25, 0.3) is 0 Å². The monoisotopic (exact) mass is 453 g/mol. The average molecular weight is 453 g/mol. The molecule has 1 aromatic heterocycles. The molecule has 2 heterocycles. The molecule has 1 aromatic rings. The standard InChI is InChI=1S/C16H27N3O2S.HI/c1-3-17-15(18-10-14-5-4-13(2)22-14)19-11-16(6-8-20)7-9-21-12-16;/h4-5,20H,3,6-12H2,1-2H3,(H2,17,18,19);1H. The van der Waals surface area contributed by atoms with E-state index in [-0.39, 0.29) is 36.0 Å². The van der Waals surface area contributed by atoms with E-state index in [0.29, 0.717) is 13.2 Å². The molecule has 0 radical (unpaired) electrons. The molecule has 0 spiro atoms. The lowest BCUT2D eigenvalue weighted by molar-refractivity contribution is 0.127. The first-order chi connectivity index (χ1) is 10.7. The molecule has 1 aliphatic rings. The SMILES string of the molecule is CCNC(=NCc1ccc(C)s1)NCC1(CCO)CCOC1.I. The van der Waals surface area contributed by atoms with Gasteiger partial charge in [-0.25, -0.2) is 4.99 Å². The van der Waals surface area contributed by atoms with Crippen LogP contribution in [-0.4, -0.2) is 44.0 Å². The third-order valence-corrected chi connectivity index (χ3v) is 4.98. The molecule has 1 unspecified atom stereocenters. The Bertz CT molecular complexity index is 487. The van der Waals surface area contributed by atoms with Gasteiger partial charge in [0.15, 0.2) is 5.96 Å². The van der Waals surface area contributed by atoms with Crippen LogP contribution >= 0.6 is 35.3 Å². The number of rotatable bonds is 7. The van der Waals surface area contributed by atoms with Crippen LogP contribution in [0.15, 0.2) is 17.1 Å². The second-order valence-electron chi connectivity index (χ2n) is 5.84. The fraction of sp³-hybridized carbons (Fsp3) is 0.688. The molecule has 0 bridgehead atoms. The molecule has 1 saturated heterocycles. The molecule has 1 fully saturated rings.